The van der Waals surface area contributed by atoms with Gasteiger partial charge in [-0.25, -0.2) is 4.79 Å². The van der Waals surface area contributed by atoms with Crippen LogP contribution in [0.25, 0.3) is 6.08 Å². The van der Waals surface area contributed by atoms with Gasteiger partial charge in [0.15, 0.2) is 0 Å². The Labute approximate surface area is 107 Å². The van der Waals surface area contributed by atoms with Gasteiger partial charge in [-0.3, -0.25) is 0 Å². The Morgan fingerprint density at radius 1 is 1.44 bits per heavy atom. The number of methoxy groups -OCH3 is 1. The van der Waals surface area contributed by atoms with Gasteiger partial charge < -0.3 is 9.64 Å². The number of carbonyl (C=O) groups is 1. The van der Waals surface area contributed by atoms with E-state index >= 15 is 0 Å². The molecule has 94 valence electrons. The number of hydrogen-bond acceptors (Lipinski definition) is 4. The minimum absolute atomic E-state index is 0.00547. The first kappa shape index (κ1) is 13.8. The Kier molecular flexibility index (Phi) is 4.94. The average Bonchev–Trinajstić information content (AvgIpc) is 2.43. The normalized spacial score (nSPS) is 10.7. The molecule has 0 saturated heterocycles. The van der Waals surface area contributed by atoms with Crippen molar-refractivity contribution < 1.29 is 9.53 Å². The lowest BCUT2D eigenvalue weighted by Crippen LogP contribution is -2.15. The average molecular weight is 244 g/mol. The summed E-state index contributed by atoms with van der Waals surface area (Å²) in [5.41, 5.74) is 1.88. The third-order valence-electron chi connectivity index (χ3n) is 2.64. The van der Waals surface area contributed by atoms with E-state index in [1.807, 2.05) is 37.4 Å². The van der Waals surface area contributed by atoms with Crippen LogP contribution in [0.4, 0.5) is 5.69 Å². The molecule has 0 aromatic heterocycles. The number of benzene rings is 1. The van der Waals surface area contributed by atoms with Crippen molar-refractivity contribution >= 4 is 17.7 Å². The van der Waals surface area contributed by atoms with Crippen LogP contribution in [0.1, 0.15) is 12.5 Å². The highest BCUT2D eigenvalue weighted by Gasteiger charge is 2.08. The van der Waals surface area contributed by atoms with Crippen LogP contribution in [-0.2, 0) is 9.53 Å². The number of esters is 1. The maximum Gasteiger partial charge on any atom is 0.348 e. The summed E-state index contributed by atoms with van der Waals surface area (Å²) in [7, 11) is 3.26. The van der Waals surface area contributed by atoms with Gasteiger partial charge >= 0.3 is 5.97 Å². The Morgan fingerprint density at radius 2 is 2.06 bits per heavy atom. The Bertz CT molecular complexity index is 484. The van der Waals surface area contributed by atoms with Gasteiger partial charge in [-0.15, -0.1) is 0 Å². The van der Waals surface area contributed by atoms with E-state index in [9.17, 15) is 4.79 Å². The van der Waals surface area contributed by atoms with E-state index in [0.717, 1.165) is 17.8 Å². The zero-order valence-corrected chi connectivity index (χ0v) is 10.8. The molecule has 0 fully saturated rings. The van der Waals surface area contributed by atoms with Crippen LogP contribution in [0, 0.1) is 11.3 Å². The van der Waals surface area contributed by atoms with Gasteiger partial charge in [0.25, 0.3) is 0 Å². The molecule has 0 unspecified atom stereocenters. The molecule has 0 bridgehead atoms. The van der Waals surface area contributed by atoms with Crippen LogP contribution in [0.15, 0.2) is 29.8 Å². The van der Waals surface area contributed by atoms with Crippen molar-refractivity contribution in [3.63, 3.8) is 0 Å². The van der Waals surface area contributed by atoms with Gasteiger partial charge in [0, 0.05) is 19.3 Å². The zero-order valence-electron chi connectivity index (χ0n) is 10.8. The molecule has 0 radical (unpaired) electrons. The lowest BCUT2D eigenvalue weighted by Gasteiger charge is -2.16. The quantitative estimate of drug-likeness (QED) is 0.463. The van der Waals surface area contributed by atoms with Crippen molar-refractivity contribution in [1.29, 1.82) is 5.26 Å². The second kappa shape index (κ2) is 6.45. The molecule has 0 saturated carbocycles. The van der Waals surface area contributed by atoms with E-state index in [4.69, 9.17) is 5.26 Å². The van der Waals surface area contributed by atoms with Gasteiger partial charge in [-0.1, -0.05) is 12.1 Å². The first-order chi connectivity index (χ1) is 8.62. The zero-order chi connectivity index (χ0) is 13.5. The molecule has 0 atom stereocenters. The van der Waals surface area contributed by atoms with Crippen LogP contribution in [0.5, 0.6) is 0 Å². The Morgan fingerprint density at radius 3 is 2.50 bits per heavy atom. The predicted octanol–water partition coefficient (Wildman–Crippen LogP) is 2.22. The fourth-order valence-electron chi connectivity index (χ4n) is 1.42. The largest absolute Gasteiger partial charge is 0.465 e. The van der Waals surface area contributed by atoms with Crippen LogP contribution >= 0.6 is 0 Å². The third-order valence-corrected chi connectivity index (χ3v) is 2.64. The van der Waals surface area contributed by atoms with Crippen molar-refractivity contribution in [2.75, 3.05) is 25.6 Å². The molecule has 1 rings (SSSR count). The van der Waals surface area contributed by atoms with Crippen molar-refractivity contribution in [3.8, 4) is 6.07 Å². The van der Waals surface area contributed by atoms with Gasteiger partial charge in [-0.2, -0.15) is 5.26 Å². The van der Waals surface area contributed by atoms with Crippen LogP contribution < -0.4 is 4.90 Å². The molecular weight excluding hydrogens is 228 g/mol. The summed E-state index contributed by atoms with van der Waals surface area (Å²) in [6, 6.07) is 9.44. The van der Waals surface area contributed by atoms with E-state index in [1.165, 1.54) is 13.2 Å². The van der Waals surface area contributed by atoms with Gasteiger partial charge in [-0.05, 0) is 30.7 Å². The summed E-state index contributed by atoms with van der Waals surface area (Å²) in [4.78, 5) is 13.3. The summed E-state index contributed by atoms with van der Waals surface area (Å²) in [6.45, 7) is 2.99. The van der Waals surface area contributed by atoms with Gasteiger partial charge in [0.2, 0.25) is 0 Å². The molecule has 0 N–H and O–H groups in total. The van der Waals surface area contributed by atoms with Crippen molar-refractivity contribution in [2.45, 2.75) is 6.92 Å². The molecule has 0 aliphatic heterocycles. The molecule has 4 heteroatoms. The van der Waals surface area contributed by atoms with E-state index < -0.39 is 5.97 Å². The topological polar surface area (TPSA) is 53.3 Å². The molecule has 0 amide bonds. The summed E-state index contributed by atoms with van der Waals surface area (Å²) in [5.74, 6) is -0.618. The SMILES string of the molecule is CCN(C)c1ccc(C=C(C#N)C(=O)OC)cc1. The highest BCUT2D eigenvalue weighted by Crippen LogP contribution is 2.15. The number of nitrogens with zero attached hydrogens (tertiary/aromatic N) is 2. The number of ether oxygens (including phenoxy) is 1. The highest BCUT2D eigenvalue weighted by molar-refractivity contribution is 5.97. The minimum Gasteiger partial charge on any atom is -0.465 e. The molecule has 0 heterocycles. The summed E-state index contributed by atoms with van der Waals surface area (Å²) >= 11 is 0. The maximum atomic E-state index is 11.2. The fraction of sp³-hybridized carbons (Fsp3) is 0.286. The summed E-state index contributed by atoms with van der Waals surface area (Å²) < 4.78 is 4.52. The van der Waals surface area contributed by atoms with E-state index in [0.29, 0.717) is 0 Å². The second-order valence-electron chi connectivity index (χ2n) is 3.77. The van der Waals surface area contributed by atoms with Gasteiger partial charge in [0.1, 0.15) is 11.6 Å². The highest BCUT2D eigenvalue weighted by atomic mass is 16.5. The molecule has 1 aromatic rings. The molecule has 0 spiro atoms. The van der Waals surface area contributed by atoms with Crippen LogP contribution in [0.3, 0.4) is 0 Å². The standard InChI is InChI=1S/C14H16N2O2/c1-4-16(2)13-7-5-11(6-8-13)9-12(10-15)14(17)18-3/h5-9H,4H2,1-3H3. The lowest BCUT2D eigenvalue weighted by atomic mass is 10.1. The molecule has 4 nitrogen and oxygen atoms in total. The monoisotopic (exact) mass is 244 g/mol. The number of nitriles is 1. The third kappa shape index (κ3) is 3.36. The smallest absolute Gasteiger partial charge is 0.348 e. The first-order valence-corrected chi connectivity index (χ1v) is 5.63. The van der Waals surface area contributed by atoms with E-state index in [-0.39, 0.29) is 5.57 Å². The second-order valence-corrected chi connectivity index (χ2v) is 3.77. The minimum atomic E-state index is -0.618. The van der Waals surface area contributed by atoms with Crippen molar-refractivity contribution in [3.05, 3.63) is 35.4 Å². The summed E-state index contributed by atoms with van der Waals surface area (Å²) in [5, 5.41) is 8.84. The molecule has 0 aliphatic carbocycles. The van der Waals surface area contributed by atoms with Crippen LogP contribution in [0.2, 0.25) is 0 Å². The molecule has 18 heavy (non-hydrogen) atoms. The van der Waals surface area contributed by atoms with Crippen LogP contribution in [-0.4, -0.2) is 26.7 Å². The molecule has 0 aliphatic rings. The van der Waals surface area contributed by atoms with E-state index in [2.05, 4.69) is 16.6 Å². The number of anilines is 1. The lowest BCUT2D eigenvalue weighted by molar-refractivity contribution is -0.135. The number of carbonyl (C=O) groups excluding carboxylic acids is 1. The predicted molar refractivity (Wildman–Crippen MR) is 71.0 cm³/mol. The number of hydrogen-bond donors (Lipinski definition) is 0. The Balaban J connectivity index is 2.96. The fourth-order valence-corrected chi connectivity index (χ4v) is 1.42. The molecular formula is C14H16N2O2. The number of rotatable bonds is 4. The first-order valence-electron chi connectivity index (χ1n) is 5.63. The maximum absolute atomic E-state index is 11.2. The van der Waals surface area contributed by atoms with Gasteiger partial charge in [0.05, 0.1) is 7.11 Å². The molecule has 1 aromatic carbocycles. The van der Waals surface area contributed by atoms with Crippen molar-refractivity contribution in [1.82, 2.24) is 0 Å². The summed E-state index contributed by atoms with van der Waals surface area (Å²) in [6.07, 6.45) is 1.52. The Hall–Kier alpha value is -2.28. The van der Waals surface area contributed by atoms with E-state index in [1.54, 1.807) is 0 Å². The van der Waals surface area contributed by atoms with Crippen molar-refractivity contribution in [2.24, 2.45) is 0 Å².